The number of nitrogens with zero attached hydrogens (tertiary/aromatic N) is 1. The molecule has 30 heavy (non-hydrogen) atoms. The molecule has 4 rings (SSSR count). The number of fused-ring (bicyclic) bond motifs is 2. The average Bonchev–Trinajstić information content (AvgIpc) is 3.14. The Kier molecular flexibility index (Phi) is 6.74. The number of thioether (sulfide) groups is 1. The zero-order chi connectivity index (χ0) is 21.1. The van der Waals surface area contributed by atoms with E-state index in [1.54, 1.807) is 31.4 Å². The minimum Gasteiger partial charge on any atom is -0.399 e. The van der Waals surface area contributed by atoms with E-state index in [0.29, 0.717) is 10.5 Å². The fourth-order valence-corrected chi connectivity index (χ4v) is 6.50. The fourth-order valence-electron chi connectivity index (χ4n) is 4.66. The van der Waals surface area contributed by atoms with Crippen molar-refractivity contribution in [3.63, 3.8) is 0 Å². The molecule has 0 saturated carbocycles. The van der Waals surface area contributed by atoms with Crippen molar-refractivity contribution < 1.29 is 18.4 Å². The second-order valence-corrected chi connectivity index (χ2v) is 9.46. The SMILES string of the molecule is CCC(=NOC)[C@H]1[C@H](OC(c2ccc(F)cc2)c2ccc(F)cc2)CC2CC[C@H]1S2. The molecule has 1 unspecified atom stereocenters. The number of halogens is 2. The Hall–Kier alpha value is -1.92. The van der Waals surface area contributed by atoms with Crippen LogP contribution in [-0.4, -0.2) is 29.4 Å². The molecule has 0 amide bonds. The van der Waals surface area contributed by atoms with Crippen molar-refractivity contribution in [1.82, 2.24) is 0 Å². The predicted octanol–water partition coefficient (Wildman–Crippen LogP) is 6.14. The minimum absolute atomic E-state index is 0.0299. The molecule has 0 aliphatic carbocycles. The lowest BCUT2D eigenvalue weighted by Crippen LogP contribution is -2.41. The van der Waals surface area contributed by atoms with Crippen LogP contribution in [-0.2, 0) is 9.57 Å². The van der Waals surface area contributed by atoms with Gasteiger partial charge in [-0.05, 0) is 61.1 Å². The third kappa shape index (κ3) is 4.54. The van der Waals surface area contributed by atoms with Crippen LogP contribution in [0.15, 0.2) is 53.7 Å². The molecule has 2 aliphatic heterocycles. The van der Waals surface area contributed by atoms with Crippen LogP contribution in [0, 0.1) is 17.6 Å². The Bertz CT molecular complexity index is 826. The van der Waals surface area contributed by atoms with Gasteiger partial charge in [-0.25, -0.2) is 8.78 Å². The van der Waals surface area contributed by atoms with E-state index in [-0.39, 0.29) is 23.7 Å². The number of rotatable bonds is 7. The maximum absolute atomic E-state index is 13.6. The first-order valence-corrected chi connectivity index (χ1v) is 11.4. The van der Waals surface area contributed by atoms with Crippen LogP contribution in [0.3, 0.4) is 0 Å². The summed E-state index contributed by atoms with van der Waals surface area (Å²) in [6, 6.07) is 12.7. The summed E-state index contributed by atoms with van der Waals surface area (Å²) < 4.78 is 33.9. The topological polar surface area (TPSA) is 30.8 Å². The van der Waals surface area contributed by atoms with Gasteiger partial charge >= 0.3 is 0 Å². The molecule has 2 bridgehead atoms. The molecule has 2 aliphatic rings. The quantitative estimate of drug-likeness (QED) is 0.390. The van der Waals surface area contributed by atoms with Gasteiger partial charge in [0.15, 0.2) is 0 Å². The Balaban J connectivity index is 1.68. The normalized spacial score (nSPS) is 26.2. The number of hydrogen-bond acceptors (Lipinski definition) is 4. The highest BCUT2D eigenvalue weighted by molar-refractivity contribution is 8.00. The summed E-state index contributed by atoms with van der Waals surface area (Å²) in [6.45, 7) is 2.10. The van der Waals surface area contributed by atoms with Gasteiger partial charge in [0.2, 0.25) is 0 Å². The molecule has 2 fully saturated rings. The summed E-state index contributed by atoms with van der Waals surface area (Å²) in [5.74, 6) is -0.411. The molecule has 4 atom stereocenters. The summed E-state index contributed by atoms with van der Waals surface area (Å²) in [7, 11) is 1.58. The third-order valence-corrected chi connectivity index (χ3v) is 7.74. The van der Waals surface area contributed by atoms with E-state index in [1.165, 1.54) is 30.7 Å². The molecule has 0 N–H and O–H groups in total. The van der Waals surface area contributed by atoms with Crippen LogP contribution in [0.4, 0.5) is 8.78 Å². The molecule has 0 aromatic heterocycles. The molecule has 6 heteroatoms. The minimum atomic E-state index is -0.401. The summed E-state index contributed by atoms with van der Waals surface area (Å²) in [6.07, 6.45) is 3.65. The summed E-state index contributed by atoms with van der Waals surface area (Å²) >= 11 is 2.04. The van der Waals surface area contributed by atoms with Gasteiger partial charge in [0.25, 0.3) is 0 Å². The van der Waals surface area contributed by atoms with Gasteiger partial charge in [-0.2, -0.15) is 11.8 Å². The van der Waals surface area contributed by atoms with E-state index in [2.05, 4.69) is 12.1 Å². The summed E-state index contributed by atoms with van der Waals surface area (Å²) in [5.41, 5.74) is 2.74. The average molecular weight is 432 g/mol. The third-order valence-electron chi connectivity index (χ3n) is 6.05. The molecule has 2 heterocycles. The monoisotopic (exact) mass is 431 g/mol. The van der Waals surface area contributed by atoms with Gasteiger partial charge < -0.3 is 9.57 Å². The Labute approximate surface area is 180 Å². The highest BCUT2D eigenvalue weighted by Gasteiger charge is 2.46. The van der Waals surface area contributed by atoms with Gasteiger partial charge in [-0.3, -0.25) is 0 Å². The van der Waals surface area contributed by atoms with Crippen LogP contribution in [0.25, 0.3) is 0 Å². The second-order valence-electron chi connectivity index (χ2n) is 7.91. The predicted molar refractivity (Wildman–Crippen MR) is 117 cm³/mol. The first-order valence-electron chi connectivity index (χ1n) is 10.5. The van der Waals surface area contributed by atoms with E-state index < -0.39 is 6.10 Å². The van der Waals surface area contributed by atoms with Gasteiger partial charge in [-0.15, -0.1) is 0 Å². The molecule has 2 saturated heterocycles. The lowest BCUT2D eigenvalue weighted by atomic mass is 9.89. The largest absolute Gasteiger partial charge is 0.399 e. The van der Waals surface area contributed by atoms with Crippen LogP contribution in [0.2, 0.25) is 0 Å². The number of benzene rings is 2. The molecular weight excluding hydrogens is 404 g/mol. The summed E-state index contributed by atoms with van der Waals surface area (Å²) in [4.78, 5) is 5.14. The molecule has 2 aromatic carbocycles. The van der Waals surface area contributed by atoms with Crippen molar-refractivity contribution in [2.24, 2.45) is 11.1 Å². The van der Waals surface area contributed by atoms with E-state index in [9.17, 15) is 8.78 Å². The van der Waals surface area contributed by atoms with Crippen LogP contribution in [0.1, 0.15) is 49.8 Å². The standard InChI is InChI=1S/C24H27F2NO2S/c1-3-20(27-28-2)23-21(14-19-12-13-22(23)30-19)29-24(15-4-8-17(25)9-5-15)16-6-10-18(26)11-7-16/h4-11,19,21-24H,3,12-14H2,1-2H3/t19?,21-,22-,23+/m1/s1. The first-order chi connectivity index (χ1) is 14.6. The number of oxime groups is 1. The van der Waals surface area contributed by atoms with Crippen molar-refractivity contribution in [1.29, 1.82) is 0 Å². The molecule has 160 valence electrons. The maximum atomic E-state index is 13.6. The van der Waals surface area contributed by atoms with E-state index >= 15 is 0 Å². The fraction of sp³-hybridized carbons (Fsp3) is 0.458. The van der Waals surface area contributed by atoms with Gasteiger partial charge in [0.05, 0.1) is 11.8 Å². The van der Waals surface area contributed by atoms with Gasteiger partial charge in [0, 0.05) is 16.4 Å². The zero-order valence-corrected chi connectivity index (χ0v) is 18.1. The van der Waals surface area contributed by atoms with Crippen molar-refractivity contribution >= 4 is 17.5 Å². The van der Waals surface area contributed by atoms with Crippen LogP contribution in [0.5, 0.6) is 0 Å². The number of ether oxygens (including phenoxy) is 1. The van der Waals surface area contributed by atoms with Crippen molar-refractivity contribution in [3.8, 4) is 0 Å². The van der Waals surface area contributed by atoms with Gasteiger partial charge in [0.1, 0.15) is 24.8 Å². The van der Waals surface area contributed by atoms with Crippen molar-refractivity contribution in [2.45, 2.75) is 55.3 Å². The highest BCUT2D eigenvalue weighted by Crippen LogP contribution is 2.49. The van der Waals surface area contributed by atoms with Gasteiger partial charge in [-0.1, -0.05) is 36.3 Å². The number of hydrogen-bond donors (Lipinski definition) is 0. The van der Waals surface area contributed by atoms with Crippen LogP contribution >= 0.6 is 11.8 Å². The second kappa shape index (κ2) is 9.48. The first kappa shape index (κ1) is 21.3. The molecule has 2 aromatic rings. The lowest BCUT2D eigenvalue weighted by Gasteiger charge is -2.38. The smallest absolute Gasteiger partial charge is 0.123 e. The Morgan fingerprint density at radius 3 is 2.17 bits per heavy atom. The van der Waals surface area contributed by atoms with E-state index in [1.807, 2.05) is 11.8 Å². The molecular formula is C24H27F2NO2S. The van der Waals surface area contributed by atoms with Crippen molar-refractivity contribution in [3.05, 3.63) is 71.3 Å². The summed E-state index contributed by atoms with van der Waals surface area (Å²) in [5, 5.41) is 5.38. The zero-order valence-electron chi connectivity index (χ0n) is 17.3. The molecule has 0 spiro atoms. The Morgan fingerprint density at radius 1 is 1.03 bits per heavy atom. The molecule has 0 radical (unpaired) electrons. The van der Waals surface area contributed by atoms with Crippen molar-refractivity contribution in [2.75, 3.05) is 7.11 Å². The lowest BCUT2D eigenvalue weighted by molar-refractivity contribution is -0.0163. The molecule has 3 nitrogen and oxygen atoms in total. The van der Waals surface area contributed by atoms with E-state index in [0.717, 1.165) is 36.1 Å². The Morgan fingerprint density at radius 2 is 1.63 bits per heavy atom. The van der Waals surface area contributed by atoms with Crippen LogP contribution < -0.4 is 0 Å². The maximum Gasteiger partial charge on any atom is 0.123 e. The highest BCUT2D eigenvalue weighted by atomic mass is 32.2. The van der Waals surface area contributed by atoms with E-state index in [4.69, 9.17) is 9.57 Å².